The van der Waals surface area contributed by atoms with E-state index in [0.29, 0.717) is 6.42 Å². The third kappa shape index (κ3) is 8.48. The molecule has 41 heavy (non-hydrogen) atoms. The van der Waals surface area contributed by atoms with Gasteiger partial charge in [-0.1, -0.05) is 50.6 Å². The zero-order valence-corrected chi connectivity index (χ0v) is 23.9. The zero-order chi connectivity index (χ0) is 30.1. The minimum absolute atomic E-state index is 0.0891. The molecule has 0 aliphatic heterocycles. The number of hydrogen-bond donors (Lipinski definition) is 8. The van der Waals surface area contributed by atoms with E-state index in [1.807, 2.05) is 31.2 Å². The van der Waals surface area contributed by atoms with Crippen molar-refractivity contribution in [1.82, 2.24) is 20.9 Å². The maximum absolute atomic E-state index is 13.7. The highest BCUT2D eigenvalue weighted by Crippen LogP contribution is 2.20. The lowest BCUT2D eigenvalue weighted by atomic mass is 9.96. The van der Waals surface area contributed by atoms with Gasteiger partial charge in [0.05, 0.1) is 6.04 Å². The average Bonchev–Trinajstić information content (AvgIpc) is 3.37. The Labute approximate surface area is 243 Å². The normalized spacial score (nSPS) is 14.8. The zero-order valence-electron chi connectivity index (χ0n) is 23.0. The van der Waals surface area contributed by atoms with E-state index >= 15 is 0 Å². The van der Waals surface area contributed by atoms with Gasteiger partial charge in [-0.3, -0.25) is 14.4 Å². The van der Waals surface area contributed by atoms with Crippen LogP contribution in [0.3, 0.4) is 0 Å². The number of aromatic amines is 1. The number of thiol groups is 1. The molecule has 0 aliphatic carbocycles. The van der Waals surface area contributed by atoms with Gasteiger partial charge in [0.2, 0.25) is 17.7 Å². The summed E-state index contributed by atoms with van der Waals surface area (Å²) in [5.41, 5.74) is 8.55. The fourth-order valence-corrected chi connectivity index (χ4v) is 4.64. The Balaban J connectivity index is 1.84. The molecule has 1 aromatic heterocycles. The van der Waals surface area contributed by atoms with Gasteiger partial charge in [0, 0.05) is 29.3 Å². The first kappa shape index (κ1) is 31.5. The average molecular weight is 584 g/mol. The molecule has 11 nitrogen and oxygen atoms in total. The molecule has 0 aliphatic rings. The molecule has 0 spiro atoms. The minimum atomic E-state index is -1.24. The van der Waals surface area contributed by atoms with E-state index in [-0.39, 0.29) is 30.3 Å². The second kappa shape index (κ2) is 14.6. The van der Waals surface area contributed by atoms with Crippen molar-refractivity contribution in [2.24, 2.45) is 11.7 Å². The Kier molecular flexibility index (Phi) is 11.2. The number of carboxylic acids is 1. The number of phenolic OH excluding ortho intramolecular Hbond substituents is 1. The highest BCUT2D eigenvalue weighted by molar-refractivity contribution is 7.80. The first-order valence-corrected chi connectivity index (χ1v) is 14.0. The molecular weight excluding hydrogens is 546 g/mol. The summed E-state index contributed by atoms with van der Waals surface area (Å²) in [6.07, 6.45) is 2.56. The number of H-pyrrole nitrogens is 1. The number of aliphatic carboxylic acids is 1. The van der Waals surface area contributed by atoms with Crippen molar-refractivity contribution in [2.75, 3.05) is 5.75 Å². The van der Waals surface area contributed by atoms with Gasteiger partial charge in [0.1, 0.15) is 23.9 Å². The van der Waals surface area contributed by atoms with Gasteiger partial charge in [-0.25, -0.2) is 4.79 Å². The van der Waals surface area contributed by atoms with Crippen LogP contribution in [0.15, 0.2) is 54.7 Å². The Morgan fingerprint density at radius 3 is 2.22 bits per heavy atom. The fourth-order valence-electron chi connectivity index (χ4n) is 4.39. The van der Waals surface area contributed by atoms with Crippen LogP contribution in [0.25, 0.3) is 10.9 Å². The highest BCUT2D eigenvalue weighted by Gasteiger charge is 2.33. The number of para-hydroxylation sites is 1. The van der Waals surface area contributed by atoms with Gasteiger partial charge >= 0.3 is 5.97 Å². The van der Waals surface area contributed by atoms with Gasteiger partial charge in [0.15, 0.2) is 0 Å². The SMILES string of the molecule is CCC(C)C(NC(=O)C(Cc1c[nH]c2ccccc12)NC(=O)C(N)Cc1ccc(O)cc1)C(=O)NC(CS)C(=O)O. The van der Waals surface area contributed by atoms with Crippen LogP contribution in [0.4, 0.5) is 0 Å². The molecule has 2 aromatic carbocycles. The van der Waals surface area contributed by atoms with Crippen LogP contribution in [0.5, 0.6) is 5.75 Å². The lowest BCUT2D eigenvalue weighted by Crippen LogP contribution is -2.59. The van der Waals surface area contributed by atoms with E-state index in [9.17, 15) is 29.4 Å². The molecule has 3 rings (SSSR count). The number of carbonyl (C=O) groups is 4. The molecule has 3 amide bonds. The maximum Gasteiger partial charge on any atom is 0.327 e. The summed E-state index contributed by atoms with van der Waals surface area (Å²) in [5, 5.41) is 27.6. The Morgan fingerprint density at radius 1 is 0.927 bits per heavy atom. The van der Waals surface area contributed by atoms with Gasteiger partial charge in [-0.15, -0.1) is 0 Å². The van der Waals surface area contributed by atoms with Crippen LogP contribution in [0.1, 0.15) is 31.4 Å². The smallest absolute Gasteiger partial charge is 0.327 e. The number of fused-ring (bicyclic) bond motifs is 1. The van der Waals surface area contributed by atoms with Crippen molar-refractivity contribution in [3.8, 4) is 5.75 Å². The summed E-state index contributed by atoms with van der Waals surface area (Å²) >= 11 is 3.99. The molecule has 0 fully saturated rings. The number of nitrogens with two attached hydrogens (primary N) is 1. The summed E-state index contributed by atoms with van der Waals surface area (Å²) in [6.45, 7) is 3.61. The van der Waals surface area contributed by atoms with Crippen molar-refractivity contribution in [2.45, 2.75) is 57.3 Å². The van der Waals surface area contributed by atoms with E-state index in [1.165, 1.54) is 12.1 Å². The minimum Gasteiger partial charge on any atom is -0.508 e. The Morgan fingerprint density at radius 2 is 1.59 bits per heavy atom. The molecule has 5 unspecified atom stereocenters. The van der Waals surface area contributed by atoms with E-state index < -0.39 is 47.9 Å². The molecule has 220 valence electrons. The van der Waals surface area contributed by atoms with E-state index in [4.69, 9.17) is 5.73 Å². The predicted octanol–water partition coefficient (Wildman–Crippen LogP) is 1.50. The van der Waals surface area contributed by atoms with Crippen molar-refractivity contribution >= 4 is 47.2 Å². The van der Waals surface area contributed by atoms with Crippen LogP contribution in [-0.2, 0) is 32.0 Å². The fraction of sp³-hybridized carbons (Fsp3) is 0.379. The van der Waals surface area contributed by atoms with Gasteiger partial charge in [-0.2, -0.15) is 12.6 Å². The number of benzene rings is 2. The molecule has 12 heteroatoms. The Bertz CT molecular complexity index is 1360. The number of nitrogens with one attached hydrogen (secondary N) is 4. The lowest BCUT2D eigenvalue weighted by molar-refractivity contribution is -0.142. The summed E-state index contributed by atoms with van der Waals surface area (Å²) in [5.74, 6) is -3.45. The van der Waals surface area contributed by atoms with Gasteiger partial charge < -0.3 is 36.9 Å². The van der Waals surface area contributed by atoms with Gasteiger partial charge in [0.25, 0.3) is 0 Å². The molecular formula is C29H37N5O6S. The number of hydrogen-bond acceptors (Lipinski definition) is 7. The summed E-state index contributed by atoms with van der Waals surface area (Å²) in [6, 6.07) is 9.47. The molecule has 1 heterocycles. The monoisotopic (exact) mass is 583 g/mol. The molecule has 0 radical (unpaired) electrons. The quantitative estimate of drug-likeness (QED) is 0.132. The number of rotatable bonds is 14. The lowest BCUT2D eigenvalue weighted by Gasteiger charge is -2.28. The number of carboxylic acid groups (broad SMARTS) is 1. The van der Waals surface area contributed by atoms with Crippen LogP contribution in [0, 0.1) is 5.92 Å². The van der Waals surface area contributed by atoms with Crippen LogP contribution >= 0.6 is 12.6 Å². The number of aromatic nitrogens is 1. The molecule has 0 saturated heterocycles. The Hall–Kier alpha value is -4.03. The molecule has 8 N–H and O–H groups in total. The largest absolute Gasteiger partial charge is 0.508 e. The van der Waals surface area contributed by atoms with Gasteiger partial charge in [-0.05, 0) is 41.7 Å². The van der Waals surface area contributed by atoms with Crippen LogP contribution < -0.4 is 21.7 Å². The first-order valence-electron chi connectivity index (χ1n) is 13.4. The van der Waals surface area contributed by atoms with E-state index in [1.54, 1.807) is 25.3 Å². The molecule has 5 atom stereocenters. The van der Waals surface area contributed by atoms with Crippen molar-refractivity contribution in [3.63, 3.8) is 0 Å². The summed E-state index contributed by atoms with van der Waals surface area (Å²) in [4.78, 5) is 54.5. The third-order valence-electron chi connectivity index (χ3n) is 7.05. The number of aromatic hydroxyl groups is 1. The highest BCUT2D eigenvalue weighted by atomic mass is 32.1. The molecule has 3 aromatic rings. The predicted molar refractivity (Wildman–Crippen MR) is 159 cm³/mol. The van der Waals surface area contributed by atoms with E-state index in [0.717, 1.165) is 22.0 Å². The van der Waals surface area contributed by atoms with Crippen molar-refractivity contribution < 1.29 is 29.4 Å². The number of carbonyl (C=O) groups excluding carboxylic acids is 3. The standard InChI is InChI=1S/C29H37N5O6S/c1-3-16(2)25(28(38)33-24(15-41)29(39)40)34-27(37)23(13-18-14-31-22-7-5-4-6-20(18)22)32-26(36)21(30)12-17-8-10-19(35)11-9-17/h4-11,14,16,21,23-25,31,35,41H,3,12-13,15,30H2,1-2H3,(H,32,36)(H,33,38)(H,34,37)(H,39,40). The topological polar surface area (TPSA) is 187 Å². The molecule has 0 bridgehead atoms. The van der Waals surface area contributed by atoms with Crippen molar-refractivity contribution in [3.05, 3.63) is 65.9 Å². The first-order chi connectivity index (χ1) is 19.5. The third-order valence-corrected chi connectivity index (χ3v) is 7.42. The van der Waals surface area contributed by atoms with E-state index in [2.05, 4.69) is 33.6 Å². The summed E-state index contributed by atoms with van der Waals surface area (Å²) in [7, 11) is 0. The summed E-state index contributed by atoms with van der Waals surface area (Å²) < 4.78 is 0. The van der Waals surface area contributed by atoms with Crippen molar-refractivity contribution in [1.29, 1.82) is 0 Å². The van der Waals surface area contributed by atoms with Crippen LogP contribution in [0.2, 0.25) is 0 Å². The number of phenols is 1. The number of amides is 3. The van der Waals surface area contributed by atoms with Crippen LogP contribution in [-0.4, -0.2) is 68.8 Å². The molecule has 0 saturated carbocycles. The second-order valence-corrected chi connectivity index (χ2v) is 10.4. The maximum atomic E-state index is 13.7. The second-order valence-electron chi connectivity index (χ2n) is 10.1.